The third kappa shape index (κ3) is 7.97. The Morgan fingerprint density at radius 2 is 1.81 bits per heavy atom. The molecule has 2 fully saturated rings. The standard InChI is InChI=1S/C35H41N3O4S/c1-24-21-29(14-17-32(24)41-3)27-10-7-26(8-11-27)23-38(34(39)28-12-15-31(16-13-28)42-35(40)36-2)30-6-4-5-25(22-30)9-18-33-37-19-20-43-33/h4-6,14,17,19-22,26-28,31H,7-8,10-13,15-16,23H2,1-3H3,(H,36,40). The fourth-order valence-corrected chi connectivity index (χ4v) is 6.92. The number of ether oxygens (including phenoxy) is 2. The van der Waals surface area contributed by atoms with Crippen LogP contribution in [-0.2, 0) is 9.53 Å². The van der Waals surface area contributed by atoms with Crippen molar-refractivity contribution in [1.82, 2.24) is 10.3 Å². The van der Waals surface area contributed by atoms with Gasteiger partial charge in [0.2, 0.25) is 5.91 Å². The number of amides is 2. The second kappa shape index (κ2) is 14.6. The third-order valence-corrected chi connectivity index (χ3v) is 9.54. The van der Waals surface area contributed by atoms with Crippen LogP contribution in [-0.4, -0.2) is 43.8 Å². The van der Waals surface area contributed by atoms with Gasteiger partial charge in [-0.2, -0.15) is 0 Å². The van der Waals surface area contributed by atoms with Gasteiger partial charge in [0.25, 0.3) is 0 Å². The smallest absolute Gasteiger partial charge is 0.407 e. The second-order valence-electron chi connectivity index (χ2n) is 11.7. The van der Waals surface area contributed by atoms with Crippen molar-refractivity contribution in [2.45, 2.75) is 70.3 Å². The molecule has 1 heterocycles. The monoisotopic (exact) mass is 599 g/mol. The molecule has 2 aromatic carbocycles. The number of carbonyl (C=O) groups excluding carboxylic acids is 2. The first kappa shape index (κ1) is 30.6. The molecule has 0 saturated heterocycles. The van der Waals surface area contributed by atoms with E-state index >= 15 is 0 Å². The van der Waals surface area contributed by atoms with Gasteiger partial charge in [-0.15, -0.1) is 11.3 Å². The van der Waals surface area contributed by atoms with Crippen LogP contribution in [0, 0.1) is 30.6 Å². The van der Waals surface area contributed by atoms with Crippen LogP contribution in [0.2, 0.25) is 0 Å². The highest BCUT2D eigenvalue weighted by molar-refractivity contribution is 7.10. The van der Waals surface area contributed by atoms with Crippen molar-refractivity contribution in [1.29, 1.82) is 0 Å². The highest BCUT2D eigenvalue weighted by Gasteiger charge is 2.33. The summed E-state index contributed by atoms with van der Waals surface area (Å²) in [4.78, 5) is 32.1. The molecule has 1 aromatic heterocycles. The number of thiazole rings is 1. The van der Waals surface area contributed by atoms with Gasteiger partial charge in [-0.1, -0.05) is 24.1 Å². The molecule has 2 amide bonds. The number of carbonyl (C=O) groups is 2. The SMILES string of the molecule is CNC(=O)OC1CCC(C(=O)N(CC2CCC(c3ccc(OC)c(C)c3)CC2)c2cccc(C#Cc3nccs3)c2)CC1. The van der Waals surface area contributed by atoms with Gasteiger partial charge in [-0.05, 0) is 111 Å². The number of anilines is 1. The maximum Gasteiger partial charge on any atom is 0.407 e. The number of hydrogen-bond donors (Lipinski definition) is 1. The van der Waals surface area contributed by atoms with Gasteiger partial charge < -0.3 is 19.7 Å². The first-order valence-corrected chi connectivity index (χ1v) is 16.2. The predicted octanol–water partition coefficient (Wildman–Crippen LogP) is 7.08. The zero-order chi connectivity index (χ0) is 30.2. The molecule has 0 atom stereocenters. The Bertz CT molecular complexity index is 1450. The summed E-state index contributed by atoms with van der Waals surface area (Å²) in [5, 5.41) is 5.21. The fraction of sp³-hybridized carbons (Fsp3) is 0.457. The third-order valence-electron chi connectivity index (χ3n) is 8.85. The molecule has 2 saturated carbocycles. The zero-order valence-corrected chi connectivity index (χ0v) is 26.1. The minimum absolute atomic E-state index is 0.0896. The minimum atomic E-state index is -0.410. The molecule has 3 aromatic rings. The van der Waals surface area contributed by atoms with Crippen LogP contribution in [0.25, 0.3) is 0 Å². The van der Waals surface area contributed by atoms with Crippen LogP contribution in [0.1, 0.15) is 79.0 Å². The van der Waals surface area contributed by atoms with E-state index in [0.29, 0.717) is 44.1 Å². The van der Waals surface area contributed by atoms with Gasteiger partial charge in [-0.3, -0.25) is 4.79 Å². The van der Waals surface area contributed by atoms with Gasteiger partial charge in [0.05, 0.1) is 7.11 Å². The molecule has 0 radical (unpaired) electrons. The molecule has 1 N–H and O–H groups in total. The van der Waals surface area contributed by atoms with Gasteiger partial charge in [0.1, 0.15) is 11.9 Å². The first-order valence-electron chi connectivity index (χ1n) is 15.3. The van der Waals surface area contributed by atoms with Crippen LogP contribution in [0.3, 0.4) is 0 Å². The lowest BCUT2D eigenvalue weighted by Crippen LogP contribution is -2.42. The van der Waals surface area contributed by atoms with Crippen LogP contribution in [0.15, 0.2) is 54.0 Å². The van der Waals surface area contributed by atoms with Gasteiger partial charge in [-0.25, -0.2) is 9.78 Å². The normalized spacial score (nSPS) is 21.7. The largest absolute Gasteiger partial charge is 0.496 e. The van der Waals surface area contributed by atoms with E-state index in [1.807, 2.05) is 34.5 Å². The Morgan fingerprint density at radius 3 is 2.49 bits per heavy atom. The van der Waals surface area contributed by atoms with E-state index in [1.165, 1.54) is 22.5 Å². The molecule has 2 aliphatic rings. The summed E-state index contributed by atoms with van der Waals surface area (Å²) in [5.74, 6) is 8.33. The summed E-state index contributed by atoms with van der Waals surface area (Å²) >= 11 is 1.51. The summed E-state index contributed by atoms with van der Waals surface area (Å²) in [6, 6.07) is 14.6. The summed E-state index contributed by atoms with van der Waals surface area (Å²) in [6.07, 6.45) is 8.41. The molecular formula is C35H41N3O4S. The van der Waals surface area contributed by atoms with Crippen molar-refractivity contribution in [3.63, 3.8) is 0 Å². The van der Waals surface area contributed by atoms with Gasteiger partial charge in [0, 0.05) is 42.3 Å². The van der Waals surface area contributed by atoms with E-state index in [9.17, 15) is 9.59 Å². The number of aryl methyl sites for hydroxylation is 1. The highest BCUT2D eigenvalue weighted by atomic mass is 32.1. The molecule has 226 valence electrons. The molecule has 5 rings (SSSR count). The number of methoxy groups -OCH3 is 1. The Hall–Kier alpha value is -3.83. The van der Waals surface area contributed by atoms with Crippen molar-refractivity contribution in [2.24, 2.45) is 11.8 Å². The van der Waals surface area contributed by atoms with Crippen LogP contribution in [0.5, 0.6) is 5.75 Å². The number of alkyl carbamates (subject to hydrolysis) is 1. The maximum atomic E-state index is 14.1. The van der Waals surface area contributed by atoms with Crippen LogP contribution < -0.4 is 15.0 Å². The molecule has 7 nitrogen and oxygen atoms in total. The van der Waals surface area contributed by atoms with Crippen molar-refractivity contribution < 1.29 is 19.1 Å². The van der Waals surface area contributed by atoms with Crippen molar-refractivity contribution in [3.05, 3.63) is 75.7 Å². The van der Waals surface area contributed by atoms with Gasteiger partial charge in [0.15, 0.2) is 5.01 Å². The van der Waals surface area contributed by atoms with Crippen molar-refractivity contribution in [2.75, 3.05) is 25.6 Å². The summed E-state index contributed by atoms with van der Waals surface area (Å²) in [5.41, 5.74) is 4.32. The predicted molar refractivity (Wildman–Crippen MR) is 171 cm³/mol. The first-order chi connectivity index (χ1) is 20.9. The average Bonchev–Trinajstić information content (AvgIpc) is 3.57. The van der Waals surface area contributed by atoms with Crippen LogP contribution >= 0.6 is 11.3 Å². The summed E-state index contributed by atoms with van der Waals surface area (Å²) < 4.78 is 10.9. The van der Waals surface area contributed by atoms with Gasteiger partial charge >= 0.3 is 6.09 Å². The number of nitrogens with one attached hydrogen (secondary N) is 1. The average molecular weight is 600 g/mol. The second-order valence-corrected chi connectivity index (χ2v) is 12.6. The van der Waals surface area contributed by atoms with E-state index in [-0.39, 0.29) is 17.9 Å². The number of nitrogens with zero attached hydrogens (tertiary/aromatic N) is 2. The maximum absolute atomic E-state index is 14.1. The Labute approximate surface area is 259 Å². The van der Waals surface area contributed by atoms with E-state index in [1.54, 1.807) is 20.4 Å². The quantitative estimate of drug-likeness (QED) is 0.294. The number of aromatic nitrogens is 1. The van der Waals surface area contributed by atoms with E-state index in [0.717, 1.165) is 47.7 Å². The molecule has 2 aliphatic carbocycles. The Morgan fingerprint density at radius 1 is 1.02 bits per heavy atom. The summed E-state index contributed by atoms with van der Waals surface area (Å²) in [7, 11) is 3.28. The Kier molecular flexibility index (Phi) is 10.4. The Balaban J connectivity index is 1.30. The molecule has 0 unspecified atom stereocenters. The lowest BCUT2D eigenvalue weighted by molar-refractivity contribution is -0.124. The van der Waals surface area contributed by atoms with E-state index < -0.39 is 6.09 Å². The molecular weight excluding hydrogens is 558 g/mol. The molecule has 0 bridgehead atoms. The lowest BCUT2D eigenvalue weighted by Gasteiger charge is -2.36. The lowest BCUT2D eigenvalue weighted by atomic mass is 9.78. The molecule has 0 spiro atoms. The van der Waals surface area contributed by atoms with Crippen LogP contribution in [0.4, 0.5) is 10.5 Å². The van der Waals surface area contributed by atoms with Crippen molar-refractivity contribution >= 4 is 29.0 Å². The summed E-state index contributed by atoms with van der Waals surface area (Å²) in [6.45, 7) is 2.80. The number of benzene rings is 2. The highest BCUT2D eigenvalue weighted by Crippen LogP contribution is 2.39. The topological polar surface area (TPSA) is 80.8 Å². The minimum Gasteiger partial charge on any atom is -0.496 e. The molecule has 0 aliphatic heterocycles. The fourth-order valence-electron chi connectivity index (χ4n) is 6.44. The van der Waals surface area contributed by atoms with E-state index in [4.69, 9.17) is 9.47 Å². The molecule has 43 heavy (non-hydrogen) atoms. The van der Waals surface area contributed by atoms with Crippen molar-refractivity contribution in [3.8, 4) is 17.6 Å². The van der Waals surface area contributed by atoms with E-state index in [2.05, 4.69) is 47.3 Å². The number of hydrogen-bond acceptors (Lipinski definition) is 6. The number of rotatable bonds is 7. The molecule has 8 heteroatoms. The zero-order valence-electron chi connectivity index (χ0n) is 25.3.